The van der Waals surface area contributed by atoms with Crippen LogP contribution in [0.5, 0.6) is 5.75 Å². The molecule has 2 aromatic rings. The molecule has 1 amide bonds. The Bertz CT molecular complexity index is 1250. The average molecular weight is 494 g/mol. The largest absolute Gasteiger partial charge is 0.495 e. The number of benzene rings is 1. The van der Waals surface area contributed by atoms with Crippen molar-refractivity contribution in [3.63, 3.8) is 0 Å². The number of carbonyl (C=O) groups excluding carboxylic acids is 2. The van der Waals surface area contributed by atoms with Crippen LogP contribution in [0.2, 0.25) is 0 Å². The van der Waals surface area contributed by atoms with Crippen LogP contribution < -0.4 is 26.4 Å². The number of hydrogen-bond acceptors (Lipinski definition) is 8. The number of nitrogens with zero attached hydrogens (tertiary/aromatic N) is 3. The maximum Gasteiger partial charge on any atom is 0.275 e. The monoisotopic (exact) mass is 493 g/mol. The van der Waals surface area contributed by atoms with Crippen molar-refractivity contribution in [3.8, 4) is 5.75 Å². The zero-order valence-electron chi connectivity index (χ0n) is 21.1. The quantitative estimate of drug-likeness (QED) is 0.358. The second-order valence-corrected chi connectivity index (χ2v) is 9.84. The molecule has 1 aromatic carbocycles. The van der Waals surface area contributed by atoms with E-state index in [2.05, 4.69) is 34.4 Å². The normalized spacial score (nSPS) is 24.4. The molecule has 2 atom stereocenters. The minimum atomic E-state index is -1.45. The van der Waals surface area contributed by atoms with Crippen LogP contribution in [0.15, 0.2) is 48.6 Å². The molecule has 0 radical (unpaired) electrons. The van der Waals surface area contributed by atoms with Gasteiger partial charge in [-0.1, -0.05) is 26.3 Å². The standard InChI is InChI=1S/C26H35N7O3/c1-5-17-15-31(3)23-24(33(17)18-9-7-8-10-18)29-26(27,30-25(23)35)28-19-13-16-11-12-32(22(34)6-2)20(16)14-21(19)36-4/h6,11-14,17-18,28-29H,2,5,7-10,15,27H2,1,3-4H3,(H,30,35)/t17?,26-/m1/s1. The maximum absolute atomic E-state index is 13.4. The van der Waals surface area contributed by atoms with E-state index in [-0.39, 0.29) is 17.9 Å². The highest BCUT2D eigenvalue weighted by Gasteiger charge is 2.45. The van der Waals surface area contributed by atoms with Crippen molar-refractivity contribution in [2.24, 2.45) is 5.73 Å². The van der Waals surface area contributed by atoms with Gasteiger partial charge in [-0.05, 0) is 37.5 Å². The summed E-state index contributed by atoms with van der Waals surface area (Å²) in [5, 5.41) is 10.4. The van der Waals surface area contributed by atoms with Crippen molar-refractivity contribution in [1.82, 2.24) is 25.0 Å². The van der Waals surface area contributed by atoms with E-state index < -0.39 is 5.91 Å². The van der Waals surface area contributed by atoms with Gasteiger partial charge in [-0.3, -0.25) is 25.2 Å². The Morgan fingerprint density at radius 1 is 1.33 bits per heavy atom. The predicted molar refractivity (Wildman–Crippen MR) is 139 cm³/mol. The molecule has 1 fully saturated rings. The molecular formula is C26H35N7O3. The third-order valence-corrected chi connectivity index (χ3v) is 7.53. The van der Waals surface area contributed by atoms with E-state index in [1.807, 2.05) is 24.1 Å². The van der Waals surface area contributed by atoms with Crippen LogP contribution in [0.4, 0.5) is 5.69 Å². The molecule has 0 saturated heterocycles. The summed E-state index contributed by atoms with van der Waals surface area (Å²) >= 11 is 0. The van der Waals surface area contributed by atoms with Gasteiger partial charge in [-0.15, -0.1) is 0 Å². The first kappa shape index (κ1) is 24.1. The third kappa shape index (κ3) is 3.95. The highest BCUT2D eigenvalue weighted by molar-refractivity contribution is 6.00. The van der Waals surface area contributed by atoms with Gasteiger partial charge in [0, 0.05) is 43.3 Å². The predicted octanol–water partition coefficient (Wildman–Crippen LogP) is 2.32. The van der Waals surface area contributed by atoms with Crippen LogP contribution in [0.1, 0.15) is 43.8 Å². The average Bonchev–Trinajstić information content (AvgIpc) is 3.52. The summed E-state index contributed by atoms with van der Waals surface area (Å²) in [6.07, 6.45) is 8.53. The van der Waals surface area contributed by atoms with Gasteiger partial charge in [0.2, 0.25) is 5.91 Å². The number of ether oxygens (including phenoxy) is 1. The number of amides is 1. The lowest BCUT2D eigenvalue weighted by Crippen LogP contribution is -2.76. The van der Waals surface area contributed by atoms with Crippen molar-refractivity contribution in [2.45, 2.75) is 57.0 Å². The minimum Gasteiger partial charge on any atom is -0.495 e. The van der Waals surface area contributed by atoms with Gasteiger partial charge in [0.15, 0.2) is 0 Å². The lowest BCUT2D eigenvalue weighted by atomic mass is 10.0. The molecule has 10 heteroatoms. The summed E-state index contributed by atoms with van der Waals surface area (Å²) in [6.45, 7) is 6.55. The summed E-state index contributed by atoms with van der Waals surface area (Å²) in [6, 6.07) is 6.12. The van der Waals surface area contributed by atoms with Crippen molar-refractivity contribution in [3.05, 3.63) is 48.6 Å². The van der Waals surface area contributed by atoms with Crippen LogP contribution in [-0.4, -0.2) is 64.9 Å². The van der Waals surface area contributed by atoms with Crippen molar-refractivity contribution in [1.29, 1.82) is 0 Å². The minimum absolute atomic E-state index is 0.234. The molecule has 3 heterocycles. The number of fused-ring (bicyclic) bond motifs is 1. The van der Waals surface area contributed by atoms with E-state index >= 15 is 0 Å². The van der Waals surface area contributed by atoms with Gasteiger partial charge >= 0.3 is 0 Å². The number of carbonyl (C=O) groups is 2. The molecule has 2 aliphatic heterocycles. The summed E-state index contributed by atoms with van der Waals surface area (Å²) in [5.41, 5.74) is 8.64. The number of methoxy groups -OCH3 is 1. The Morgan fingerprint density at radius 2 is 2.08 bits per heavy atom. The Balaban J connectivity index is 1.51. The molecule has 1 aliphatic carbocycles. The Labute approximate surface area is 211 Å². The number of rotatable bonds is 6. The van der Waals surface area contributed by atoms with Crippen LogP contribution in [-0.2, 0) is 4.79 Å². The first-order valence-electron chi connectivity index (χ1n) is 12.6. The Kier molecular flexibility index (Phi) is 6.07. The highest BCUT2D eigenvalue weighted by Crippen LogP contribution is 2.36. The number of nitrogens with one attached hydrogen (secondary N) is 3. The number of aromatic nitrogens is 1. The van der Waals surface area contributed by atoms with Crippen LogP contribution in [0.25, 0.3) is 10.9 Å². The number of likely N-dealkylation sites (N-methyl/N-ethyl adjacent to an activating group) is 1. The molecule has 192 valence electrons. The molecule has 5 N–H and O–H groups in total. The topological polar surface area (TPSA) is 117 Å². The van der Waals surface area contributed by atoms with Crippen molar-refractivity contribution >= 4 is 28.4 Å². The molecule has 10 nitrogen and oxygen atoms in total. The molecule has 36 heavy (non-hydrogen) atoms. The van der Waals surface area contributed by atoms with Crippen molar-refractivity contribution < 1.29 is 14.3 Å². The molecule has 5 rings (SSSR count). The molecule has 0 spiro atoms. The lowest BCUT2D eigenvalue weighted by Gasteiger charge is -2.52. The van der Waals surface area contributed by atoms with Crippen LogP contribution >= 0.6 is 0 Å². The van der Waals surface area contributed by atoms with E-state index in [9.17, 15) is 9.59 Å². The van der Waals surface area contributed by atoms with Gasteiger partial charge in [0.25, 0.3) is 11.8 Å². The fourth-order valence-electron chi connectivity index (χ4n) is 5.83. The SMILES string of the molecule is C=CC(=O)n1ccc2cc(N[C@@]3(N)NC(=O)C4=C(N3)N(C3CCCC3)C(CC)CN4C)c(OC)cc21. The van der Waals surface area contributed by atoms with Crippen LogP contribution in [0.3, 0.4) is 0 Å². The van der Waals surface area contributed by atoms with Gasteiger partial charge in [0.05, 0.1) is 18.3 Å². The third-order valence-electron chi connectivity index (χ3n) is 7.53. The fraction of sp³-hybridized carbons (Fsp3) is 0.462. The second-order valence-electron chi connectivity index (χ2n) is 9.84. The van der Waals surface area contributed by atoms with E-state index in [1.54, 1.807) is 19.4 Å². The lowest BCUT2D eigenvalue weighted by molar-refractivity contribution is -0.123. The number of hydrogen-bond donors (Lipinski definition) is 4. The molecule has 3 aliphatic rings. The summed E-state index contributed by atoms with van der Waals surface area (Å²) in [5.74, 6) is -0.669. The van der Waals surface area contributed by atoms with Gasteiger partial charge in [0.1, 0.15) is 17.3 Å². The van der Waals surface area contributed by atoms with Gasteiger partial charge in [-0.25, -0.2) is 0 Å². The molecular weight excluding hydrogens is 458 g/mol. The fourth-order valence-corrected chi connectivity index (χ4v) is 5.83. The Morgan fingerprint density at radius 3 is 2.75 bits per heavy atom. The Hall–Kier alpha value is -3.66. The van der Waals surface area contributed by atoms with E-state index in [0.717, 1.165) is 37.0 Å². The van der Waals surface area contributed by atoms with Crippen molar-refractivity contribution in [2.75, 3.05) is 26.0 Å². The molecule has 1 unspecified atom stereocenters. The second kappa shape index (κ2) is 9.09. The van der Waals surface area contributed by atoms with Crippen LogP contribution in [0, 0.1) is 0 Å². The highest BCUT2D eigenvalue weighted by atomic mass is 16.5. The van der Waals surface area contributed by atoms with E-state index in [0.29, 0.717) is 28.7 Å². The summed E-state index contributed by atoms with van der Waals surface area (Å²) in [4.78, 5) is 30.0. The van der Waals surface area contributed by atoms with E-state index in [4.69, 9.17) is 10.5 Å². The molecule has 0 bridgehead atoms. The first-order chi connectivity index (χ1) is 17.3. The number of anilines is 1. The zero-order valence-corrected chi connectivity index (χ0v) is 21.1. The van der Waals surface area contributed by atoms with Gasteiger partial charge < -0.3 is 25.2 Å². The molecule has 1 saturated carbocycles. The van der Waals surface area contributed by atoms with E-state index in [1.165, 1.54) is 23.5 Å². The summed E-state index contributed by atoms with van der Waals surface area (Å²) in [7, 11) is 3.50. The zero-order chi connectivity index (χ0) is 25.6. The maximum atomic E-state index is 13.4. The molecule has 1 aromatic heterocycles. The number of allylic oxidation sites excluding steroid dienone is 1. The summed E-state index contributed by atoms with van der Waals surface area (Å²) < 4.78 is 7.13. The number of nitrogens with two attached hydrogens (primary N) is 1. The van der Waals surface area contributed by atoms with Gasteiger partial charge in [-0.2, -0.15) is 0 Å². The first-order valence-corrected chi connectivity index (χ1v) is 12.6. The smallest absolute Gasteiger partial charge is 0.275 e.